The molecule has 19 heavy (non-hydrogen) atoms. The zero-order valence-electron chi connectivity index (χ0n) is 9.05. The van der Waals surface area contributed by atoms with Crippen LogP contribution in [0.4, 0.5) is 13.2 Å². The fraction of sp³-hybridized carbons (Fsp3) is 0.0909. The number of allylic oxidation sites excluding steroid dienone is 1. The van der Waals surface area contributed by atoms with E-state index in [0.29, 0.717) is 0 Å². The van der Waals surface area contributed by atoms with Crippen LogP contribution in [0, 0.1) is 11.3 Å². The molecule has 0 radical (unpaired) electrons. The highest BCUT2D eigenvalue weighted by atomic mass is 35.5. The molecule has 0 bridgehead atoms. The smallest absolute Gasteiger partial charge is 0.311 e. The second kappa shape index (κ2) is 5.95. The van der Waals surface area contributed by atoms with Crippen molar-refractivity contribution in [3.05, 3.63) is 45.6 Å². The van der Waals surface area contributed by atoms with Crippen LogP contribution < -0.4 is 5.32 Å². The van der Waals surface area contributed by atoms with E-state index in [1.165, 1.54) is 12.1 Å². The van der Waals surface area contributed by atoms with Crippen LogP contribution in [0.3, 0.4) is 0 Å². The number of nitrogens with zero attached hydrogens (tertiary/aromatic N) is 1. The molecular weight excluding hydrogens is 304 g/mol. The van der Waals surface area contributed by atoms with Crippen LogP contribution in [0.25, 0.3) is 0 Å². The third-order valence-corrected chi connectivity index (χ3v) is 2.39. The summed E-state index contributed by atoms with van der Waals surface area (Å²) in [6, 6.07) is 5.62. The molecule has 1 aromatic carbocycles. The van der Waals surface area contributed by atoms with Gasteiger partial charge < -0.3 is 5.32 Å². The fourth-order valence-electron chi connectivity index (χ4n) is 1.23. The Morgan fingerprint density at radius 1 is 1.26 bits per heavy atom. The van der Waals surface area contributed by atoms with Gasteiger partial charge in [0.2, 0.25) is 0 Å². The van der Waals surface area contributed by atoms with Gasteiger partial charge in [0.1, 0.15) is 10.6 Å². The maximum atomic E-state index is 12.7. The second-order valence-electron chi connectivity index (χ2n) is 3.24. The third kappa shape index (κ3) is 3.88. The molecule has 0 spiro atoms. The van der Waals surface area contributed by atoms with Crippen molar-refractivity contribution >= 4 is 29.1 Å². The molecule has 0 fully saturated rings. The van der Waals surface area contributed by atoms with Crippen molar-refractivity contribution in [3.8, 4) is 6.07 Å². The SMILES string of the molecule is N#CC(NC(=O)c1ccccc1C(F)(F)F)=C(Cl)Cl. The van der Waals surface area contributed by atoms with Gasteiger partial charge in [0.25, 0.3) is 5.91 Å². The first-order valence-corrected chi connectivity index (χ1v) is 5.46. The molecule has 0 unspecified atom stereocenters. The molecule has 8 heteroatoms. The van der Waals surface area contributed by atoms with Crippen LogP contribution >= 0.6 is 23.2 Å². The summed E-state index contributed by atoms with van der Waals surface area (Å²) in [5.41, 5.74) is -2.27. The number of nitriles is 1. The second-order valence-corrected chi connectivity index (χ2v) is 4.19. The van der Waals surface area contributed by atoms with Crippen molar-refractivity contribution in [2.45, 2.75) is 6.18 Å². The molecule has 0 saturated heterocycles. The molecule has 1 N–H and O–H groups in total. The predicted molar refractivity (Wildman–Crippen MR) is 63.3 cm³/mol. The minimum atomic E-state index is -4.69. The Bertz CT molecular complexity index is 572. The molecule has 1 amide bonds. The molecule has 0 aliphatic heterocycles. The van der Waals surface area contributed by atoms with E-state index < -0.39 is 33.4 Å². The topological polar surface area (TPSA) is 52.9 Å². The molecule has 1 rings (SSSR count). The van der Waals surface area contributed by atoms with Crippen molar-refractivity contribution in [2.24, 2.45) is 0 Å². The molecule has 0 aromatic heterocycles. The van der Waals surface area contributed by atoms with Crippen molar-refractivity contribution in [1.29, 1.82) is 5.26 Å². The van der Waals surface area contributed by atoms with Gasteiger partial charge in [0.15, 0.2) is 5.70 Å². The highest BCUT2D eigenvalue weighted by Gasteiger charge is 2.34. The standard InChI is InChI=1S/C11H5Cl2F3N2O/c12-9(13)8(5-17)18-10(19)6-3-1-2-4-7(6)11(14,15)16/h1-4H,(H,18,19). The number of nitrogens with one attached hydrogen (secondary N) is 1. The summed E-state index contributed by atoms with van der Waals surface area (Å²) in [5, 5.41) is 10.5. The third-order valence-electron chi connectivity index (χ3n) is 2.02. The first kappa shape index (κ1) is 15.3. The van der Waals surface area contributed by atoms with Crippen molar-refractivity contribution < 1.29 is 18.0 Å². The number of rotatable bonds is 2. The lowest BCUT2D eigenvalue weighted by atomic mass is 10.1. The molecule has 0 saturated carbocycles. The Balaban J connectivity index is 3.16. The molecule has 0 aliphatic rings. The van der Waals surface area contributed by atoms with Gasteiger partial charge in [0.05, 0.1) is 11.1 Å². The number of halogens is 5. The number of benzene rings is 1. The van der Waals surface area contributed by atoms with Gasteiger partial charge in [0, 0.05) is 0 Å². The Morgan fingerprint density at radius 3 is 2.32 bits per heavy atom. The van der Waals surface area contributed by atoms with Gasteiger partial charge in [-0.05, 0) is 12.1 Å². The van der Waals surface area contributed by atoms with Gasteiger partial charge in [-0.15, -0.1) is 0 Å². The largest absolute Gasteiger partial charge is 0.417 e. The maximum Gasteiger partial charge on any atom is 0.417 e. The normalized spacial score (nSPS) is 10.5. The van der Waals surface area contributed by atoms with Gasteiger partial charge in [-0.1, -0.05) is 35.3 Å². The summed E-state index contributed by atoms with van der Waals surface area (Å²) in [6.07, 6.45) is -4.69. The molecular formula is C11H5Cl2F3N2O. The number of hydrogen-bond acceptors (Lipinski definition) is 2. The molecule has 0 heterocycles. The Kier molecular flexibility index (Phi) is 4.81. The zero-order chi connectivity index (χ0) is 14.6. The number of amides is 1. The van der Waals surface area contributed by atoms with Crippen molar-refractivity contribution in [1.82, 2.24) is 5.32 Å². The minimum absolute atomic E-state index is 0.523. The van der Waals surface area contributed by atoms with Gasteiger partial charge in [-0.3, -0.25) is 4.79 Å². The van der Waals surface area contributed by atoms with Crippen LogP contribution in [-0.4, -0.2) is 5.91 Å². The van der Waals surface area contributed by atoms with Crippen molar-refractivity contribution in [2.75, 3.05) is 0 Å². The van der Waals surface area contributed by atoms with Crippen LogP contribution in [0.2, 0.25) is 0 Å². The van der Waals surface area contributed by atoms with Gasteiger partial charge in [-0.25, -0.2) is 0 Å². The molecule has 1 aromatic rings. The summed E-state index contributed by atoms with van der Waals surface area (Å²) >= 11 is 10.6. The van der Waals surface area contributed by atoms with E-state index in [4.69, 9.17) is 28.5 Å². The lowest BCUT2D eigenvalue weighted by Gasteiger charge is -2.12. The number of hydrogen-bond donors (Lipinski definition) is 1. The lowest BCUT2D eigenvalue weighted by molar-refractivity contribution is -0.137. The zero-order valence-corrected chi connectivity index (χ0v) is 10.6. The first-order valence-electron chi connectivity index (χ1n) is 4.70. The first-order chi connectivity index (χ1) is 8.77. The summed E-state index contributed by atoms with van der Waals surface area (Å²) in [5.74, 6) is -1.12. The summed E-state index contributed by atoms with van der Waals surface area (Å²) in [6.45, 7) is 0. The van der Waals surface area contributed by atoms with E-state index in [1.54, 1.807) is 0 Å². The van der Waals surface area contributed by atoms with Crippen LogP contribution in [0.1, 0.15) is 15.9 Å². The predicted octanol–water partition coefficient (Wildman–Crippen LogP) is 3.61. The number of alkyl halides is 3. The summed E-state index contributed by atoms with van der Waals surface area (Å²) in [7, 11) is 0. The quantitative estimate of drug-likeness (QED) is 0.849. The Labute approximate surface area is 116 Å². The molecule has 3 nitrogen and oxygen atoms in total. The Morgan fingerprint density at radius 2 is 1.84 bits per heavy atom. The van der Waals surface area contributed by atoms with E-state index >= 15 is 0 Å². The van der Waals surface area contributed by atoms with E-state index in [0.717, 1.165) is 18.2 Å². The van der Waals surface area contributed by atoms with E-state index in [9.17, 15) is 18.0 Å². The van der Waals surface area contributed by atoms with Crippen LogP contribution in [0.15, 0.2) is 34.5 Å². The lowest BCUT2D eigenvalue weighted by Crippen LogP contribution is -2.25. The Hall–Kier alpha value is -1.71. The average molecular weight is 309 g/mol. The molecule has 100 valence electrons. The molecule has 0 aliphatic carbocycles. The van der Waals surface area contributed by atoms with E-state index in [-0.39, 0.29) is 0 Å². The maximum absolute atomic E-state index is 12.7. The molecule has 0 atom stereocenters. The fourth-order valence-corrected chi connectivity index (χ4v) is 1.41. The minimum Gasteiger partial charge on any atom is -0.311 e. The van der Waals surface area contributed by atoms with Crippen LogP contribution in [0.5, 0.6) is 0 Å². The van der Waals surface area contributed by atoms with E-state index in [1.807, 2.05) is 5.32 Å². The van der Waals surface area contributed by atoms with Crippen molar-refractivity contribution in [3.63, 3.8) is 0 Å². The number of carbonyl (C=O) groups excluding carboxylic acids is 1. The van der Waals surface area contributed by atoms with Gasteiger partial charge >= 0.3 is 6.18 Å². The highest BCUT2D eigenvalue weighted by molar-refractivity contribution is 6.56. The van der Waals surface area contributed by atoms with Crippen LogP contribution in [-0.2, 0) is 6.18 Å². The monoisotopic (exact) mass is 308 g/mol. The summed E-state index contributed by atoms with van der Waals surface area (Å²) in [4.78, 5) is 11.7. The van der Waals surface area contributed by atoms with Gasteiger partial charge in [-0.2, -0.15) is 18.4 Å². The van der Waals surface area contributed by atoms with E-state index in [2.05, 4.69) is 0 Å². The average Bonchev–Trinajstić information content (AvgIpc) is 2.34. The number of carbonyl (C=O) groups is 1. The highest BCUT2D eigenvalue weighted by Crippen LogP contribution is 2.31. The summed E-state index contributed by atoms with van der Waals surface area (Å²) < 4.78 is 37.5.